The van der Waals surface area contributed by atoms with Gasteiger partial charge in [-0.15, -0.1) is 0 Å². The van der Waals surface area contributed by atoms with E-state index in [4.69, 9.17) is 4.74 Å². The Morgan fingerprint density at radius 3 is 2.57 bits per heavy atom. The van der Waals surface area contributed by atoms with Crippen molar-refractivity contribution in [1.82, 2.24) is 15.3 Å². The third kappa shape index (κ3) is 4.14. The first-order chi connectivity index (χ1) is 11.3. The van der Waals surface area contributed by atoms with Crippen LogP contribution < -0.4 is 10.1 Å². The van der Waals surface area contributed by atoms with Crippen molar-refractivity contribution >= 4 is 0 Å². The van der Waals surface area contributed by atoms with Crippen LogP contribution in [0.5, 0.6) is 11.5 Å². The topological polar surface area (TPSA) is 47.0 Å². The number of nitrogens with zero attached hydrogens (tertiary/aromatic N) is 2. The van der Waals surface area contributed by atoms with E-state index in [9.17, 15) is 0 Å². The molecule has 3 aromatic rings. The van der Waals surface area contributed by atoms with Crippen LogP contribution >= 0.6 is 0 Å². The van der Waals surface area contributed by atoms with E-state index in [2.05, 4.69) is 28.3 Å². The highest BCUT2D eigenvalue weighted by Gasteiger charge is 2.08. The molecule has 4 nitrogen and oxygen atoms in total. The number of nitrogens with one attached hydrogen (secondary N) is 1. The fourth-order valence-corrected chi connectivity index (χ4v) is 2.32. The number of benzene rings is 1. The van der Waals surface area contributed by atoms with E-state index in [1.807, 2.05) is 54.9 Å². The largest absolute Gasteiger partial charge is 0.455 e. The van der Waals surface area contributed by atoms with Gasteiger partial charge in [0.2, 0.25) is 0 Å². The third-order valence-corrected chi connectivity index (χ3v) is 3.64. The molecule has 0 radical (unpaired) electrons. The molecule has 0 aliphatic heterocycles. The fraction of sp³-hybridized carbons (Fsp3) is 0.158. The van der Waals surface area contributed by atoms with Crippen molar-refractivity contribution in [2.75, 3.05) is 0 Å². The molecule has 0 unspecified atom stereocenters. The molecule has 0 aliphatic rings. The van der Waals surface area contributed by atoms with Crippen molar-refractivity contribution in [2.24, 2.45) is 0 Å². The molecule has 0 saturated carbocycles. The van der Waals surface area contributed by atoms with E-state index >= 15 is 0 Å². The number of aromatic nitrogens is 2. The summed E-state index contributed by atoms with van der Waals surface area (Å²) >= 11 is 0. The second-order valence-electron chi connectivity index (χ2n) is 5.28. The average Bonchev–Trinajstić information content (AvgIpc) is 2.62. The number of para-hydroxylation sites is 1. The molecule has 0 amide bonds. The highest BCUT2D eigenvalue weighted by atomic mass is 16.5. The lowest BCUT2D eigenvalue weighted by Crippen LogP contribution is -2.18. The molecule has 116 valence electrons. The highest BCUT2D eigenvalue weighted by molar-refractivity contribution is 5.37. The van der Waals surface area contributed by atoms with Gasteiger partial charge in [-0.3, -0.25) is 9.97 Å². The van der Waals surface area contributed by atoms with Crippen molar-refractivity contribution in [3.8, 4) is 11.5 Å². The lowest BCUT2D eigenvalue weighted by molar-refractivity contribution is 0.466. The third-order valence-electron chi connectivity index (χ3n) is 3.64. The van der Waals surface area contributed by atoms with Gasteiger partial charge >= 0.3 is 0 Å². The van der Waals surface area contributed by atoms with Gasteiger partial charge in [0.25, 0.3) is 0 Å². The first-order valence-corrected chi connectivity index (χ1v) is 7.62. The summed E-state index contributed by atoms with van der Waals surface area (Å²) in [5.74, 6) is 1.58. The Hall–Kier alpha value is -2.72. The molecule has 0 bridgehead atoms. The standard InChI is InChI=1S/C19H19N3O/c1-15(16-8-11-20-12-9-16)22-13-17-5-2-3-7-19(17)23-18-6-4-10-21-14-18/h2-12,14-15,22H,13H2,1H3/t15-/m0/s1. The number of pyridine rings is 2. The smallest absolute Gasteiger partial charge is 0.145 e. The maximum Gasteiger partial charge on any atom is 0.145 e. The number of ether oxygens (including phenoxy) is 1. The lowest BCUT2D eigenvalue weighted by atomic mass is 10.1. The van der Waals surface area contributed by atoms with E-state index in [1.54, 1.807) is 12.4 Å². The van der Waals surface area contributed by atoms with Gasteiger partial charge in [-0.25, -0.2) is 0 Å². The summed E-state index contributed by atoms with van der Waals surface area (Å²) in [6, 6.07) is 16.1. The molecule has 2 aromatic heterocycles. The molecule has 1 atom stereocenters. The summed E-state index contributed by atoms with van der Waals surface area (Å²) < 4.78 is 5.93. The van der Waals surface area contributed by atoms with Crippen LogP contribution in [0.2, 0.25) is 0 Å². The monoisotopic (exact) mass is 305 g/mol. The summed E-state index contributed by atoms with van der Waals surface area (Å²) in [7, 11) is 0. The normalized spacial score (nSPS) is 11.9. The SMILES string of the molecule is C[C@H](NCc1ccccc1Oc1cccnc1)c1ccncc1. The van der Waals surface area contributed by atoms with Crippen LogP contribution in [-0.4, -0.2) is 9.97 Å². The lowest BCUT2D eigenvalue weighted by Gasteiger charge is -2.16. The van der Waals surface area contributed by atoms with Crippen LogP contribution in [0.3, 0.4) is 0 Å². The predicted molar refractivity (Wildman–Crippen MR) is 90.2 cm³/mol. The van der Waals surface area contributed by atoms with Gasteiger partial charge in [-0.1, -0.05) is 18.2 Å². The first-order valence-electron chi connectivity index (χ1n) is 7.62. The molecule has 3 rings (SSSR count). The van der Waals surface area contributed by atoms with E-state index < -0.39 is 0 Å². The van der Waals surface area contributed by atoms with Gasteiger partial charge in [0, 0.05) is 36.7 Å². The zero-order valence-electron chi connectivity index (χ0n) is 13.0. The van der Waals surface area contributed by atoms with Gasteiger partial charge in [-0.05, 0) is 42.8 Å². The van der Waals surface area contributed by atoms with E-state index in [0.29, 0.717) is 0 Å². The summed E-state index contributed by atoms with van der Waals surface area (Å²) in [5.41, 5.74) is 2.32. The molecule has 0 aliphatic carbocycles. The Morgan fingerprint density at radius 1 is 0.957 bits per heavy atom. The average molecular weight is 305 g/mol. The van der Waals surface area contributed by atoms with Crippen LogP contribution in [0.25, 0.3) is 0 Å². The van der Waals surface area contributed by atoms with Gasteiger partial charge < -0.3 is 10.1 Å². The van der Waals surface area contributed by atoms with Crippen molar-refractivity contribution in [3.63, 3.8) is 0 Å². The minimum atomic E-state index is 0.240. The first kappa shape index (κ1) is 15.2. The Balaban J connectivity index is 1.68. The van der Waals surface area contributed by atoms with E-state index in [-0.39, 0.29) is 6.04 Å². The summed E-state index contributed by atoms with van der Waals surface area (Å²) in [6.45, 7) is 2.86. The Labute approximate surface area is 136 Å². The zero-order chi connectivity index (χ0) is 15.9. The second-order valence-corrected chi connectivity index (χ2v) is 5.28. The quantitative estimate of drug-likeness (QED) is 0.744. The van der Waals surface area contributed by atoms with Crippen molar-refractivity contribution in [3.05, 3.63) is 84.4 Å². The molecule has 0 spiro atoms. The van der Waals surface area contributed by atoms with Crippen LogP contribution in [-0.2, 0) is 6.54 Å². The van der Waals surface area contributed by atoms with E-state index in [1.165, 1.54) is 5.56 Å². The molecular formula is C19H19N3O. The van der Waals surface area contributed by atoms with Crippen molar-refractivity contribution in [1.29, 1.82) is 0 Å². The minimum absolute atomic E-state index is 0.240. The van der Waals surface area contributed by atoms with Gasteiger partial charge in [-0.2, -0.15) is 0 Å². The summed E-state index contributed by atoms with van der Waals surface area (Å²) in [6.07, 6.45) is 7.07. The fourth-order valence-electron chi connectivity index (χ4n) is 2.32. The van der Waals surface area contributed by atoms with Crippen LogP contribution in [0.15, 0.2) is 73.3 Å². The van der Waals surface area contributed by atoms with Gasteiger partial charge in [0.1, 0.15) is 11.5 Å². The maximum atomic E-state index is 5.93. The van der Waals surface area contributed by atoms with Crippen molar-refractivity contribution < 1.29 is 4.74 Å². The van der Waals surface area contributed by atoms with Crippen LogP contribution in [0.4, 0.5) is 0 Å². The molecule has 1 N–H and O–H groups in total. The Morgan fingerprint density at radius 2 is 1.78 bits per heavy atom. The zero-order valence-corrected chi connectivity index (χ0v) is 13.0. The summed E-state index contributed by atoms with van der Waals surface area (Å²) in [4.78, 5) is 8.13. The van der Waals surface area contributed by atoms with E-state index in [0.717, 1.165) is 23.6 Å². The number of rotatable bonds is 6. The molecule has 23 heavy (non-hydrogen) atoms. The molecule has 4 heteroatoms. The van der Waals surface area contributed by atoms with Crippen LogP contribution in [0.1, 0.15) is 24.1 Å². The summed E-state index contributed by atoms with van der Waals surface area (Å²) in [5, 5.41) is 3.52. The maximum absolute atomic E-state index is 5.93. The second kappa shape index (κ2) is 7.51. The molecule has 1 aromatic carbocycles. The molecule has 2 heterocycles. The molecule has 0 saturated heterocycles. The number of hydrogen-bond acceptors (Lipinski definition) is 4. The van der Waals surface area contributed by atoms with Crippen molar-refractivity contribution in [2.45, 2.75) is 19.5 Å². The molecule has 0 fully saturated rings. The Kier molecular flexibility index (Phi) is 4.96. The minimum Gasteiger partial charge on any atom is -0.455 e. The Bertz CT molecular complexity index is 732. The van der Waals surface area contributed by atoms with Gasteiger partial charge in [0.05, 0.1) is 6.20 Å². The van der Waals surface area contributed by atoms with Gasteiger partial charge in [0.15, 0.2) is 0 Å². The van der Waals surface area contributed by atoms with Crippen LogP contribution in [0, 0.1) is 0 Å². The highest BCUT2D eigenvalue weighted by Crippen LogP contribution is 2.25. The predicted octanol–water partition coefficient (Wildman–Crippen LogP) is 4.12. The molecular weight excluding hydrogens is 286 g/mol. The number of hydrogen-bond donors (Lipinski definition) is 1.